The van der Waals surface area contributed by atoms with Crippen LogP contribution < -0.4 is 4.90 Å². The van der Waals surface area contributed by atoms with Crippen molar-refractivity contribution < 1.29 is 4.42 Å². The number of aromatic nitrogens is 1. The first kappa shape index (κ1) is 36.9. The minimum absolute atomic E-state index is 0.852. The van der Waals surface area contributed by atoms with Crippen LogP contribution in [0.25, 0.3) is 104 Å². The van der Waals surface area contributed by atoms with Gasteiger partial charge in [0, 0.05) is 33.1 Å². The first-order chi connectivity index (χ1) is 32.3. The van der Waals surface area contributed by atoms with E-state index in [4.69, 9.17) is 4.42 Å². The Morgan fingerprint density at radius 2 is 0.923 bits per heavy atom. The summed E-state index contributed by atoms with van der Waals surface area (Å²) < 4.78 is 8.98. The van der Waals surface area contributed by atoms with E-state index >= 15 is 0 Å². The lowest BCUT2D eigenvalue weighted by atomic mass is 9.92. The highest BCUT2D eigenvalue weighted by Crippen LogP contribution is 2.47. The van der Waals surface area contributed by atoms with Gasteiger partial charge in [0.15, 0.2) is 0 Å². The van der Waals surface area contributed by atoms with E-state index in [2.05, 4.69) is 246 Å². The van der Waals surface area contributed by atoms with Crippen LogP contribution in [0.1, 0.15) is 0 Å². The molecule has 0 atom stereocenters. The summed E-state index contributed by atoms with van der Waals surface area (Å²) >= 11 is 0. The number of para-hydroxylation sites is 4. The lowest BCUT2D eigenvalue weighted by Crippen LogP contribution is -2.11. The van der Waals surface area contributed by atoms with E-state index in [0.717, 1.165) is 72.5 Å². The smallest absolute Gasteiger partial charge is 0.137 e. The molecule has 0 aliphatic heterocycles. The zero-order chi connectivity index (χ0) is 42.8. The molecule has 2 heterocycles. The molecule has 0 saturated heterocycles. The maximum Gasteiger partial charge on any atom is 0.137 e. The van der Waals surface area contributed by atoms with E-state index in [9.17, 15) is 0 Å². The maximum atomic E-state index is 6.55. The Morgan fingerprint density at radius 1 is 0.323 bits per heavy atom. The van der Waals surface area contributed by atoms with Crippen molar-refractivity contribution in [2.75, 3.05) is 4.90 Å². The van der Waals surface area contributed by atoms with Crippen LogP contribution in [0.5, 0.6) is 0 Å². The summed E-state index contributed by atoms with van der Waals surface area (Å²) in [5.74, 6) is 0. The monoisotopic (exact) mass is 828 g/mol. The van der Waals surface area contributed by atoms with Gasteiger partial charge < -0.3 is 13.9 Å². The molecule has 0 N–H and O–H groups in total. The number of anilines is 3. The van der Waals surface area contributed by atoms with E-state index in [1.54, 1.807) is 0 Å². The topological polar surface area (TPSA) is 21.3 Å². The molecule has 13 aromatic rings. The van der Waals surface area contributed by atoms with Crippen molar-refractivity contribution in [3.05, 3.63) is 243 Å². The molecule has 3 nitrogen and oxygen atoms in total. The van der Waals surface area contributed by atoms with Gasteiger partial charge in [0.05, 0.1) is 27.8 Å². The Hall–Kier alpha value is -8.66. The van der Waals surface area contributed by atoms with Gasteiger partial charge in [-0.25, -0.2) is 0 Å². The lowest BCUT2D eigenvalue weighted by molar-refractivity contribution is 0.669. The van der Waals surface area contributed by atoms with Gasteiger partial charge in [-0.15, -0.1) is 0 Å². The van der Waals surface area contributed by atoms with Crippen molar-refractivity contribution in [1.82, 2.24) is 4.57 Å². The molecule has 0 saturated carbocycles. The van der Waals surface area contributed by atoms with Crippen LogP contribution in [0.4, 0.5) is 17.1 Å². The molecule has 13 rings (SSSR count). The Labute approximate surface area is 376 Å². The molecule has 0 aliphatic rings. The normalized spacial score (nSPS) is 11.7. The van der Waals surface area contributed by atoms with Gasteiger partial charge in [0.1, 0.15) is 11.2 Å². The third-order valence-electron chi connectivity index (χ3n) is 13.2. The third-order valence-corrected chi connectivity index (χ3v) is 13.2. The minimum Gasteiger partial charge on any atom is -0.456 e. The molecule has 0 amide bonds. The highest BCUT2D eigenvalue weighted by atomic mass is 16.3. The molecule has 0 fully saturated rings. The van der Waals surface area contributed by atoms with E-state index in [1.165, 1.54) is 48.9 Å². The van der Waals surface area contributed by atoms with Crippen molar-refractivity contribution in [3.8, 4) is 39.1 Å². The summed E-state index contributed by atoms with van der Waals surface area (Å²) in [7, 11) is 0. The summed E-state index contributed by atoms with van der Waals surface area (Å²) in [6.07, 6.45) is 0. The average molecular weight is 829 g/mol. The molecular weight excluding hydrogens is 789 g/mol. The van der Waals surface area contributed by atoms with Crippen molar-refractivity contribution in [2.24, 2.45) is 0 Å². The van der Waals surface area contributed by atoms with Crippen LogP contribution in [0, 0.1) is 0 Å². The number of hydrogen-bond acceptors (Lipinski definition) is 2. The number of hydrogen-bond donors (Lipinski definition) is 0. The number of benzene rings is 11. The van der Waals surface area contributed by atoms with Gasteiger partial charge in [-0.1, -0.05) is 176 Å². The Kier molecular flexibility index (Phi) is 8.53. The van der Waals surface area contributed by atoms with Gasteiger partial charge in [0.2, 0.25) is 0 Å². The zero-order valence-corrected chi connectivity index (χ0v) is 35.4. The number of fused-ring (bicyclic) bond motifs is 9. The van der Waals surface area contributed by atoms with Crippen LogP contribution >= 0.6 is 0 Å². The fraction of sp³-hybridized carbons (Fsp3) is 0. The quantitative estimate of drug-likeness (QED) is 0.149. The highest BCUT2D eigenvalue weighted by molar-refractivity contribution is 6.16. The van der Waals surface area contributed by atoms with Crippen LogP contribution in [0.15, 0.2) is 247 Å². The zero-order valence-electron chi connectivity index (χ0n) is 35.4. The fourth-order valence-corrected chi connectivity index (χ4v) is 10.3. The molecule has 2 aromatic heterocycles. The van der Waals surface area contributed by atoms with Crippen molar-refractivity contribution >= 4 is 82.4 Å². The summed E-state index contributed by atoms with van der Waals surface area (Å²) in [5.41, 5.74) is 15.3. The molecule has 11 aromatic carbocycles. The maximum absolute atomic E-state index is 6.55. The van der Waals surface area contributed by atoms with Gasteiger partial charge in [0.25, 0.3) is 0 Å². The highest BCUT2D eigenvalue weighted by Gasteiger charge is 2.23. The standard InChI is InChI=1S/C62H40N2O/c1-2-18-41(19-3-1)55-40-45(36-37-49(55)50-26-8-12-30-56(50)64-57-31-13-9-27-51(57)52-28-10-14-32-58(52)64)63(59-33-17-35-61-62(59)53-29-11-15-34-60(53)65-61)44-22-16-21-42(38-44)54-39-43-20-4-5-23-46(43)47-24-6-7-25-48(47)54/h1-40H. The summed E-state index contributed by atoms with van der Waals surface area (Å²) in [6, 6.07) is 87.8. The number of furan rings is 1. The average Bonchev–Trinajstić information content (AvgIpc) is 3.93. The van der Waals surface area contributed by atoms with Crippen LogP contribution in [-0.2, 0) is 0 Å². The molecule has 65 heavy (non-hydrogen) atoms. The second-order valence-electron chi connectivity index (χ2n) is 16.8. The second-order valence-corrected chi connectivity index (χ2v) is 16.8. The lowest BCUT2D eigenvalue weighted by Gasteiger charge is -2.28. The van der Waals surface area contributed by atoms with E-state index in [-0.39, 0.29) is 0 Å². The molecule has 0 spiro atoms. The van der Waals surface area contributed by atoms with E-state index in [1.807, 2.05) is 6.07 Å². The number of rotatable bonds is 7. The predicted octanol–water partition coefficient (Wildman–Crippen LogP) is 17.5. The molecular formula is C62H40N2O. The predicted molar refractivity (Wildman–Crippen MR) is 274 cm³/mol. The molecule has 0 aliphatic carbocycles. The van der Waals surface area contributed by atoms with Gasteiger partial charge in [-0.3, -0.25) is 0 Å². The molecule has 304 valence electrons. The second kappa shape index (κ2) is 15.0. The molecule has 0 unspecified atom stereocenters. The van der Waals surface area contributed by atoms with Gasteiger partial charge in [-0.05, 0) is 116 Å². The van der Waals surface area contributed by atoms with Crippen molar-refractivity contribution in [3.63, 3.8) is 0 Å². The summed E-state index contributed by atoms with van der Waals surface area (Å²) in [4.78, 5) is 2.42. The van der Waals surface area contributed by atoms with E-state index < -0.39 is 0 Å². The molecule has 3 heteroatoms. The SMILES string of the molecule is c1ccc(-c2cc(N(c3cccc(-c4cc5ccccc5c5ccccc45)c3)c3cccc4oc5ccccc5c34)ccc2-c2ccccc2-n2c3ccccc3c3ccccc32)cc1. The summed E-state index contributed by atoms with van der Waals surface area (Å²) in [5, 5.41) is 9.61. The van der Waals surface area contributed by atoms with Gasteiger partial charge in [-0.2, -0.15) is 0 Å². The first-order valence-corrected chi connectivity index (χ1v) is 22.3. The van der Waals surface area contributed by atoms with Gasteiger partial charge >= 0.3 is 0 Å². The largest absolute Gasteiger partial charge is 0.456 e. The Bertz CT molecular complexity index is 3920. The first-order valence-electron chi connectivity index (χ1n) is 22.3. The van der Waals surface area contributed by atoms with Crippen LogP contribution in [0.2, 0.25) is 0 Å². The van der Waals surface area contributed by atoms with Crippen molar-refractivity contribution in [2.45, 2.75) is 0 Å². The van der Waals surface area contributed by atoms with Crippen LogP contribution in [0.3, 0.4) is 0 Å². The Morgan fingerprint density at radius 3 is 1.74 bits per heavy atom. The fourth-order valence-electron chi connectivity index (χ4n) is 10.3. The van der Waals surface area contributed by atoms with Crippen molar-refractivity contribution in [1.29, 1.82) is 0 Å². The molecule has 0 radical (unpaired) electrons. The minimum atomic E-state index is 0.852. The Balaban J connectivity index is 1.07. The molecule has 0 bridgehead atoms. The van der Waals surface area contributed by atoms with E-state index in [0.29, 0.717) is 0 Å². The summed E-state index contributed by atoms with van der Waals surface area (Å²) in [6.45, 7) is 0. The third kappa shape index (κ3) is 5.97. The number of nitrogens with zero attached hydrogens (tertiary/aromatic N) is 2. The van der Waals surface area contributed by atoms with Crippen LogP contribution in [-0.4, -0.2) is 4.57 Å².